The van der Waals surface area contributed by atoms with Crippen molar-refractivity contribution in [3.63, 3.8) is 0 Å². The number of thioether (sulfide) groups is 1. The van der Waals surface area contributed by atoms with E-state index in [9.17, 15) is 4.79 Å². The molecule has 1 heterocycles. The van der Waals surface area contributed by atoms with Crippen molar-refractivity contribution in [2.75, 3.05) is 12.9 Å². The lowest BCUT2D eigenvalue weighted by molar-refractivity contribution is -0.143. The number of carbonyl (C=O) groups excluding carboxylic acids is 1. The third-order valence-corrected chi connectivity index (χ3v) is 4.00. The van der Waals surface area contributed by atoms with Gasteiger partial charge in [-0.25, -0.2) is 4.98 Å². The maximum Gasteiger partial charge on any atom is 0.309 e. The van der Waals surface area contributed by atoms with Gasteiger partial charge in [-0.05, 0) is 0 Å². The number of ether oxygens (including phenoxy) is 1. The lowest BCUT2D eigenvalue weighted by Gasteiger charge is -2.07. The molecule has 0 amide bonds. The number of benzene rings is 1. The molecule has 0 N–H and O–H groups in total. The molecule has 0 radical (unpaired) electrons. The van der Waals surface area contributed by atoms with Gasteiger partial charge in [0.1, 0.15) is 0 Å². The molecule has 0 saturated carbocycles. The van der Waals surface area contributed by atoms with E-state index in [2.05, 4.69) is 9.72 Å². The van der Waals surface area contributed by atoms with E-state index in [-0.39, 0.29) is 11.9 Å². The van der Waals surface area contributed by atoms with Crippen LogP contribution in [0.4, 0.5) is 0 Å². The van der Waals surface area contributed by atoms with Crippen LogP contribution in [0.25, 0.3) is 11.3 Å². The fourth-order valence-corrected chi connectivity index (χ4v) is 2.62. The fraction of sp³-hybridized carbons (Fsp3) is 0.333. The van der Waals surface area contributed by atoms with E-state index in [1.807, 2.05) is 37.3 Å². The molecule has 106 valence electrons. The molecular formula is C15H17NO3S. The number of hydrogen-bond donors (Lipinski definition) is 0. The number of nitrogens with zero attached hydrogens (tertiary/aromatic N) is 1. The van der Waals surface area contributed by atoms with Gasteiger partial charge in [0.05, 0.1) is 25.0 Å². The van der Waals surface area contributed by atoms with Gasteiger partial charge in [-0.2, -0.15) is 11.8 Å². The van der Waals surface area contributed by atoms with Gasteiger partial charge in [-0.3, -0.25) is 4.79 Å². The minimum Gasteiger partial charge on any atom is -0.469 e. The Kier molecular flexibility index (Phi) is 5.24. The van der Waals surface area contributed by atoms with Gasteiger partial charge in [0.15, 0.2) is 5.76 Å². The van der Waals surface area contributed by atoms with Crippen LogP contribution in [0.5, 0.6) is 0 Å². The highest BCUT2D eigenvalue weighted by Gasteiger charge is 2.13. The molecule has 0 saturated heterocycles. The van der Waals surface area contributed by atoms with Gasteiger partial charge in [-0.15, -0.1) is 0 Å². The zero-order valence-corrected chi connectivity index (χ0v) is 12.4. The van der Waals surface area contributed by atoms with Crippen LogP contribution in [0.3, 0.4) is 0 Å². The third-order valence-electron chi connectivity index (χ3n) is 2.81. The second-order valence-corrected chi connectivity index (χ2v) is 5.45. The average molecular weight is 291 g/mol. The van der Waals surface area contributed by atoms with Crippen LogP contribution in [0.15, 0.2) is 40.9 Å². The Balaban J connectivity index is 1.86. The van der Waals surface area contributed by atoms with Crippen molar-refractivity contribution in [2.24, 2.45) is 5.92 Å². The molecule has 4 nitrogen and oxygen atoms in total. The Morgan fingerprint density at radius 1 is 1.40 bits per heavy atom. The van der Waals surface area contributed by atoms with Crippen LogP contribution < -0.4 is 0 Å². The van der Waals surface area contributed by atoms with Crippen molar-refractivity contribution in [2.45, 2.75) is 12.7 Å². The number of esters is 1. The fourth-order valence-electron chi connectivity index (χ4n) is 1.71. The average Bonchev–Trinajstić information content (AvgIpc) is 2.96. The number of aromatic nitrogens is 1. The molecule has 2 rings (SSSR count). The standard InChI is InChI=1S/C15H17NO3S/c1-11(15(17)18-2)9-20-10-14-16-8-13(19-14)12-6-4-3-5-7-12/h3-8,11H,9-10H2,1-2H3. The Morgan fingerprint density at radius 2 is 2.15 bits per heavy atom. The number of rotatable bonds is 6. The molecule has 0 spiro atoms. The molecule has 0 fully saturated rings. The minimum absolute atomic E-state index is 0.117. The van der Waals surface area contributed by atoms with Crippen molar-refractivity contribution in [3.05, 3.63) is 42.4 Å². The lowest BCUT2D eigenvalue weighted by Crippen LogP contribution is -2.14. The summed E-state index contributed by atoms with van der Waals surface area (Å²) in [6.45, 7) is 1.85. The SMILES string of the molecule is COC(=O)C(C)CSCc1ncc(-c2ccccc2)o1. The summed E-state index contributed by atoms with van der Waals surface area (Å²) < 4.78 is 10.4. The van der Waals surface area contributed by atoms with Crippen molar-refractivity contribution < 1.29 is 13.9 Å². The highest BCUT2D eigenvalue weighted by atomic mass is 32.2. The Morgan fingerprint density at radius 3 is 2.85 bits per heavy atom. The first kappa shape index (κ1) is 14.7. The van der Waals surface area contributed by atoms with Crippen LogP contribution in [0, 0.1) is 5.92 Å². The predicted octanol–water partition coefficient (Wildman–Crippen LogP) is 3.38. The highest BCUT2D eigenvalue weighted by Crippen LogP contribution is 2.22. The zero-order chi connectivity index (χ0) is 14.4. The molecule has 20 heavy (non-hydrogen) atoms. The monoisotopic (exact) mass is 291 g/mol. The topological polar surface area (TPSA) is 52.3 Å². The van der Waals surface area contributed by atoms with E-state index in [1.54, 1.807) is 18.0 Å². The summed E-state index contributed by atoms with van der Waals surface area (Å²) in [5, 5.41) is 0. The van der Waals surface area contributed by atoms with Crippen LogP contribution in [-0.2, 0) is 15.3 Å². The Bertz CT molecular complexity index is 553. The number of oxazole rings is 1. The first-order valence-corrected chi connectivity index (χ1v) is 7.52. The second-order valence-electron chi connectivity index (χ2n) is 4.42. The van der Waals surface area contributed by atoms with E-state index in [0.29, 0.717) is 17.4 Å². The van der Waals surface area contributed by atoms with Crippen LogP contribution >= 0.6 is 11.8 Å². The van der Waals surface area contributed by atoms with E-state index >= 15 is 0 Å². The van der Waals surface area contributed by atoms with E-state index in [4.69, 9.17) is 4.42 Å². The molecule has 0 aliphatic carbocycles. The zero-order valence-electron chi connectivity index (χ0n) is 11.5. The maximum atomic E-state index is 11.3. The quantitative estimate of drug-likeness (QED) is 0.764. The Labute approximate surface area is 122 Å². The highest BCUT2D eigenvalue weighted by molar-refractivity contribution is 7.98. The van der Waals surface area contributed by atoms with E-state index in [1.165, 1.54) is 7.11 Å². The van der Waals surface area contributed by atoms with Crippen LogP contribution in [-0.4, -0.2) is 23.8 Å². The molecule has 2 aromatic rings. The van der Waals surface area contributed by atoms with Gasteiger partial charge < -0.3 is 9.15 Å². The molecule has 1 aromatic heterocycles. The second kappa shape index (κ2) is 7.14. The summed E-state index contributed by atoms with van der Waals surface area (Å²) in [6.07, 6.45) is 1.73. The first-order chi connectivity index (χ1) is 9.70. The number of carbonyl (C=O) groups is 1. The summed E-state index contributed by atoms with van der Waals surface area (Å²) in [7, 11) is 1.41. The number of hydrogen-bond acceptors (Lipinski definition) is 5. The van der Waals surface area contributed by atoms with Crippen molar-refractivity contribution in [3.8, 4) is 11.3 Å². The van der Waals surface area contributed by atoms with Crippen LogP contribution in [0.2, 0.25) is 0 Å². The van der Waals surface area contributed by atoms with Gasteiger partial charge in [0, 0.05) is 11.3 Å². The van der Waals surface area contributed by atoms with Gasteiger partial charge in [0.2, 0.25) is 5.89 Å². The van der Waals surface area contributed by atoms with E-state index in [0.717, 1.165) is 11.3 Å². The van der Waals surface area contributed by atoms with Gasteiger partial charge in [0.25, 0.3) is 0 Å². The summed E-state index contributed by atoms with van der Waals surface area (Å²) in [4.78, 5) is 15.5. The summed E-state index contributed by atoms with van der Waals surface area (Å²) >= 11 is 1.61. The summed E-state index contributed by atoms with van der Waals surface area (Å²) in [5.74, 6) is 2.47. The van der Waals surface area contributed by atoms with Crippen molar-refractivity contribution in [1.82, 2.24) is 4.98 Å². The molecule has 0 bridgehead atoms. The molecule has 5 heteroatoms. The third kappa shape index (κ3) is 3.87. The van der Waals surface area contributed by atoms with Crippen molar-refractivity contribution in [1.29, 1.82) is 0 Å². The maximum absolute atomic E-state index is 11.3. The minimum atomic E-state index is -0.185. The molecule has 1 unspecified atom stereocenters. The van der Waals surface area contributed by atoms with Crippen molar-refractivity contribution >= 4 is 17.7 Å². The lowest BCUT2D eigenvalue weighted by atomic mass is 10.2. The molecule has 0 aliphatic rings. The van der Waals surface area contributed by atoms with Crippen LogP contribution in [0.1, 0.15) is 12.8 Å². The smallest absolute Gasteiger partial charge is 0.309 e. The van der Waals surface area contributed by atoms with Gasteiger partial charge >= 0.3 is 5.97 Å². The molecule has 1 aromatic carbocycles. The molecule has 1 atom stereocenters. The largest absolute Gasteiger partial charge is 0.469 e. The molecule has 0 aliphatic heterocycles. The molecular weight excluding hydrogens is 274 g/mol. The Hall–Kier alpha value is -1.75. The number of methoxy groups -OCH3 is 1. The predicted molar refractivity (Wildman–Crippen MR) is 79.3 cm³/mol. The normalized spacial score (nSPS) is 12.1. The summed E-state index contributed by atoms with van der Waals surface area (Å²) in [5.41, 5.74) is 1.01. The summed E-state index contributed by atoms with van der Waals surface area (Å²) in [6, 6.07) is 9.85. The van der Waals surface area contributed by atoms with Gasteiger partial charge in [-0.1, -0.05) is 37.3 Å². The first-order valence-electron chi connectivity index (χ1n) is 6.36. The van der Waals surface area contributed by atoms with E-state index < -0.39 is 0 Å².